The van der Waals surface area contributed by atoms with E-state index < -0.39 is 6.10 Å². The summed E-state index contributed by atoms with van der Waals surface area (Å²) >= 11 is 0. The summed E-state index contributed by atoms with van der Waals surface area (Å²) in [7, 11) is 0. The van der Waals surface area contributed by atoms with Crippen LogP contribution in [0.15, 0.2) is 42.5 Å². The molecule has 2 unspecified atom stereocenters. The lowest BCUT2D eigenvalue weighted by Gasteiger charge is -2.32. The fourth-order valence-corrected chi connectivity index (χ4v) is 6.77. The van der Waals surface area contributed by atoms with Crippen LogP contribution in [-0.4, -0.2) is 61.3 Å². The van der Waals surface area contributed by atoms with Crippen LogP contribution in [0, 0.1) is 11.8 Å². The van der Waals surface area contributed by atoms with Crippen molar-refractivity contribution in [2.24, 2.45) is 11.8 Å². The van der Waals surface area contributed by atoms with Gasteiger partial charge in [0.25, 0.3) is 0 Å². The molecule has 7 nitrogen and oxygen atoms in total. The summed E-state index contributed by atoms with van der Waals surface area (Å²) in [6.45, 7) is 5.27. The summed E-state index contributed by atoms with van der Waals surface area (Å²) in [5.74, 6) is 0.208. The van der Waals surface area contributed by atoms with Gasteiger partial charge in [-0.25, -0.2) is 0 Å². The molecule has 0 radical (unpaired) electrons. The van der Waals surface area contributed by atoms with E-state index in [1.807, 2.05) is 13.8 Å². The molecule has 1 aliphatic carbocycles. The van der Waals surface area contributed by atoms with Crippen molar-refractivity contribution in [2.75, 3.05) is 13.2 Å². The van der Waals surface area contributed by atoms with Gasteiger partial charge in [-0.2, -0.15) is 0 Å². The van der Waals surface area contributed by atoms with Gasteiger partial charge in [0.2, 0.25) is 0 Å². The molecule has 2 aliphatic heterocycles. The Kier molecular flexibility index (Phi) is 15.0. The van der Waals surface area contributed by atoms with Crippen molar-refractivity contribution in [2.45, 2.75) is 147 Å². The standard InChI is InChI=1S/C36H56O7/c1-27(2)41-34(38)17-9-4-3-8-16-30-31(33(26-32(30)37)43-36-19-11-13-25-40-36)23-22-29(42-35-18-10-12-24-39-35)21-20-28-14-6-5-7-15-28/h3,5-8,14-15,27,29-33,35-37H,4,9-13,16-26H2,1-2H3/t29-,30+,31+,32-,33+,35?,36?/m0/s1. The average Bonchev–Trinajstić information content (AvgIpc) is 3.30. The van der Waals surface area contributed by atoms with Crippen LogP contribution in [0.25, 0.3) is 0 Å². The first-order valence-electron chi connectivity index (χ1n) is 17.1. The highest BCUT2D eigenvalue weighted by Gasteiger charge is 2.43. The van der Waals surface area contributed by atoms with Crippen LogP contribution in [0.5, 0.6) is 0 Å². The number of aliphatic hydroxyl groups excluding tert-OH is 1. The molecular formula is C36H56O7. The zero-order valence-electron chi connectivity index (χ0n) is 26.6. The minimum absolute atomic E-state index is 0.0250. The number of ether oxygens (including phenoxy) is 5. The van der Waals surface area contributed by atoms with Gasteiger partial charge < -0.3 is 28.8 Å². The third kappa shape index (κ3) is 12.3. The van der Waals surface area contributed by atoms with Gasteiger partial charge in [-0.05, 0) is 115 Å². The third-order valence-electron chi connectivity index (χ3n) is 9.06. The van der Waals surface area contributed by atoms with Crippen LogP contribution in [0.2, 0.25) is 0 Å². The number of allylic oxidation sites excluding steroid dienone is 2. The Bertz CT molecular complexity index is 923. The molecule has 242 valence electrons. The predicted octanol–water partition coefficient (Wildman–Crippen LogP) is 7.29. The Balaban J connectivity index is 1.36. The molecule has 0 spiro atoms. The molecule has 3 fully saturated rings. The van der Waals surface area contributed by atoms with Crippen LogP contribution >= 0.6 is 0 Å². The quantitative estimate of drug-likeness (QED) is 0.114. The smallest absolute Gasteiger partial charge is 0.306 e. The first kappa shape index (κ1) is 34.1. The van der Waals surface area contributed by atoms with Crippen LogP contribution in [0.3, 0.4) is 0 Å². The van der Waals surface area contributed by atoms with Crippen molar-refractivity contribution in [1.82, 2.24) is 0 Å². The van der Waals surface area contributed by atoms with E-state index in [0.29, 0.717) is 12.8 Å². The Hall–Kier alpha value is -1.77. The molecule has 1 saturated carbocycles. The van der Waals surface area contributed by atoms with Crippen LogP contribution in [0.1, 0.15) is 109 Å². The Morgan fingerprint density at radius 2 is 1.72 bits per heavy atom. The van der Waals surface area contributed by atoms with E-state index in [4.69, 9.17) is 23.7 Å². The highest BCUT2D eigenvalue weighted by molar-refractivity contribution is 5.69. The van der Waals surface area contributed by atoms with Crippen LogP contribution in [0.4, 0.5) is 0 Å². The fourth-order valence-electron chi connectivity index (χ4n) is 6.77. The third-order valence-corrected chi connectivity index (χ3v) is 9.06. The van der Waals surface area contributed by atoms with Crippen molar-refractivity contribution in [3.8, 4) is 0 Å². The summed E-state index contributed by atoms with van der Waals surface area (Å²) in [4.78, 5) is 11.8. The van der Waals surface area contributed by atoms with Gasteiger partial charge in [-0.3, -0.25) is 4.79 Å². The number of carbonyl (C=O) groups excluding carboxylic acids is 1. The maximum atomic E-state index is 11.8. The largest absolute Gasteiger partial charge is 0.463 e. The number of aliphatic hydroxyl groups is 1. The van der Waals surface area contributed by atoms with E-state index in [2.05, 4.69) is 42.5 Å². The molecule has 43 heavy (non-hydrogen) atoms. The van der Waals surface area contributed by atoms with E-state index in [9.17, 15) is 9.90 Å². The highest BCUT2D eigenvalue weighted by atomic mass is 16.7. The zero-order chi connectivity index (χ0) is 30.3. The van der Waals surface area contributed by atoms with Gasteiger partial charge in [0.05, 0.1) is 24.4 Å². The van der Waals surface area contributed by atoms with Crippen molar-refractivity contribution >= 4 is 5.97 Å². The number of hydrogen-bond acceptors (Lipinski definition) is 7. The molecule has 4 rings (SSSR count). The topological polar surface area (TPSA) is 83.5 Å². The van der Waals surface area contributed by atoms with Crippen molar-refractivity contribution in [3.63, 3.8) is 0 Å². The van der Waals surface area contributed by atoms with Gasteiger partial charge in [-0.15, -0.1) is 0 Å². The monoisotopic (exact) mass is 600 g/mol. The van der Waals surface area contributed by atoms with Gasteiger partial charge in [0.1, 0.15) is 0 Å². The molecule has 2 heterocycles. The number of aryl methyl sites for hydroxylation is 1. The van der Waals surface area contributed by atoms with Gasteiger partial charge >= 0.3 is 5.97 Å². The highest BCUT2D eigenvalue weighted by Crippen LogP contribution is 2.41. The van der Waals surface area contributed by atoms with Crippen LogP contribution in [-0.2, 0) is 34.9 Å². The lowest BCUT2D eigenvalue weighted by Crippen LogP contribution is -2.33. The lowest BCUT2D eigenvalue weighted by atomic mass is 9.85. The molecule has 7 heteroatoms. The first-order valence-corrected chi connectivity index (χ1v) is 17.1. The second-order valence-electron chi connectivity index (χ2n) is 12.9. The summed E-state index contributed by atoms with van der Waals surface area (Å²) in [5, 5.41) is 11.2. The number of rotatable bonds is 17. The molecule has 0 amide bonds. The maximum Gasteiger partial charge on any atom is 0.306 e. The van der Waals surface area contributed by atoms with E-state index >= 15 is 0 Å². The van der Waals surface area contributed by atoms with Crippen molar-refractivity contribution in [3.05, 3.63) is 48.0 Å². The van der Waals surface area contributed by atoms with E-state index in [0.717, 1.165) is 96.7 Å². The summed E-state index contributed by atoms with van der Waals surface area (Å²) < 4.78 is 30.3. The molecular weight excluding hydrogens is 544 g/mol. The van der Waals surface area contributed by atoms with Gasteiger partial charge in [0, 0.05) is 26.1 Å². The second kappa shape index (κ2) is 18.9. The average molecular weight is 601 g/mol. The number of esters is 1. The summed E-state index contributed by atoms with van der Waals surface area (Å²) in [6, 6.07) is 10.6. The molecule has 0 bridgehead atoms. The van der Waals surface area contributed by atoms with Gasteiger partial charge in [-0.1, -0.05) is 42.5 Å². The Morgan fingerprint density at radius 1 is 0.977 bits per heavy atom. The van der Waals surface area contributed by atoms with E-state index in [1.165, 1.54) is 5.56 Å². The minimum Gasteiger partial charge on any atom is -0.463 e. The molecule has 1 aromatic rings. The SMILES string of the molecule is CC(C)OC(=O)CCCC=CC[C@@H]1[C@@H](CC[C@H](CCc2ccccc2)OC2CCCCO2)[C@H](OC2CCCCO2)C[C@@H]1O. The lowest BCUT2D eigenvalue weighted by molar-refractivity contribution is -0.200. The molecule has 0 aromatic heterocycles. The summed E-state index contributed by atoms with van der Waals surface area (Å²) in [6.07, 6.45) is 17.2. The fraction of sp³-hybridized carbons (Fsp3) is 0.750. The Labute approximate surface area is 259 Å². The van der Waals surface area contributed by atoms with Crippen molar-refractivity contribution in [1.29, 1.82) is 0 Å². The predicted molar refractivity (Wildman–Crippen MR) is 167 cm³/mol. The number of unbranched alkanes of at least 4 members (excludes halogenated alkanes) is 1. The Morgan fingerprint density at radius 3 is 2.42 bits per heavy atom. The summed E-state index contributed by atoms with van der Waals surface area (Å²) in [5.41, 5.74) is 1.33. The number of hydrogen-bond donors (Lipinski definition) is 1. The molecule has 1 aromatic carbocycles. The second-order valence-corrected chi connectivity index (χ2v) is 12.9. The van der Waals surface area contributed by atoms with E-state index in [1.54, 1.807) is 0 Å². The first-order chi connectivity index (χ1) is 21.0. The normalized spacial score (nSPS) is 28.8. The molecule has 2 saturated heterocycles. The minimum atomic E-state index is -0.408. The number of benzene rings is 1. The van der Waals surface area contributed by atoms with Crippen molar-refractivity contribution < 1.29 is 33.6 Å². The number of carbonyl (C=O) groups is 1. The molecule has 3 aliphatic rings. The van der Waals surface area contributed by atoms with E-state index in [-0.39, 0.29) is 48.7 Å². The molecule has 7 atom stereocenters. The van der Waals surface area contributed by atoms with Crippen LogP contribution < -0.4 is 0 Å². The molecule has 1 N–H and O–H groups in total. The zero-order valence-corrected chi connectivity index (χ0v) is 26.6. The maximum absolute atomic E-state index is 11.8. The van der Waals surface area contributed by atoms with Gasteiger partial charge in [0.15, 0.2) is 12.6 Å².